The van der Waals surface area contributed by atoms with Crippen LogP contribution in [-0.2, 0) is 14.3 Å². The fourth-order valence-electron chi connectivity index (χ4n) is 3.03. The molecule has 0 aliphatic heterocycles. The maximum atomic E-state index is 11.9. The predicted molar refractivity (Wildman–Crippen MR) is 103 cm³/mol. The fourth-order valence-corrected chi connectivity index (χ4v) is 3.03. The van der Waals surface area contributed by atoms with Gasteiger partial charge in [-0.1, -0.05) is 48.9 Å². The van der Waals surface area contributed by atoms with E-state index in [9.17, 15) is 14.4 Å². The molecular weight excluding hydrogens is 344 g/mol. The molecule has 3 amide bonds. The van der Waals surface area contributed by atoms with Gasteiger partial charge < -0.3 is 10.1 Å². The van der Waals surface area contributed by atoms with Crippen LogP contribution >= 0.6 is 0 Å². The van der Waals surface area contributed by atoms with Gasteiger partial charge in [-0.3, -0.25) is 14.9 Å². The molecular formula is C21H28N2O4. The number of allylic oxidation sites excluding steroid dienone is 1. The summed E-state index contributed by atoms with van der Waals surface area (Å²) < 4.78 is 4.96. The summed E-state index contributed by atoms with van der Waals surface area (Å²) in [7, 11) is 0. The molecule has 0 spiro atoms. The predicted octanol–water partition coefficient (Wildman–Crippen LogP) is 3.44. The highest BCUT2D eigenvalue weighted by Crippen LogP contribution is 2.19. The minimum absolute atomic E-state index is 0.000785. The fraction of sp³-hybridized carbons (Fsp3) is 0.476. The molecule has 0 saturated heterocycles. The van der Waals surface area contributed by atoms with E-state index >= 15 is 0 Å². The Kier molecular flexibility index (Phi) is 8.55. The molecule has 0 radical (unpaired) electrons. The molecule has 2 N–H and O–H groups in total. The molecule has 1 aromatic rings. The van der Waals surface area contributed by atoms with Crippen molar-refractivity contribution in [1.82, 2.24) is 10.6 Å². The first kappa shape index (κ1) is 20.7. The van der Waals surface area contributed by atoms with E-state index in [0.717, 1.165) is 24.8 Å². The van der Waals surface area contributed by atoms with Gasteiger partial charge >= 0.3 is 12.0 Å². The van der Waals surface area contributed by atoms with Gasteiger partial charge in [0.25, 0.3) is 5.91 Å². The Morgan fingerprint density at radius 3 is 2.63 bits per heavy atom. The van der Waals surface area contributed by atoms with Crippen molar-refractivity contribution < 1.29 is 19.1 Å². The summed E-state index contributed by atoms with van der Waals surface area (Å²) in [6.07, 6.45) is 7.82. The summed E-state index contributed by atoms with van der Waals surface area (Å²) in [5, 5.41) is 4.82. The third-order valence-electron chi connectivity index (χ3n) is 4.58. The second-order valence-electron chi connectivity index (χ2n) is 6.84. The summed E-state index contributed by atoms with van der Waals surface area (Å²) in [5.41, 5.74) is 2.39. The number of urea groups is 1. The Hall–Kier alpha value is -2.63. The highest BCUT2D eigenvalue weighted by Gasteiger charge is 2.15. The maximum Gasteiger partial charge on any atom is 0.321 e. The van der Waals surface area contributed by atoms with Crippen molar-refractivity contribution in [2.24, 2.45) is 0 Å². The molecule has 0 aromatic heterocycles. The van der Waals surface area contributed by atoms with E-state index in [1.54, 1.807) is 0 Å². The Bertz CT molecular complexity index is 670. The lowest BCUT2D eigenvalue weighted by molar-refractivity contribution is -0.148. The molecule has 1 aliphatic rings. The van der Waals surface area contributed by atoms with E-state index < -0.39 is 24.5 Å². The average molecular weight is 372 g/mol. The van der Waals surface area contributed by atoms with Gasteiger partial charge in [0.1, 0.15) is 0 Å². The Morgan fingerprint density at radius 1 is 1.15 bits per heavy atom. The van der Waals surface area contributed by atoms with Gasteiger partial charge in [-0.25, -0.2) is 4.79 Å². The second-order valence-corrected chi connectivity index (χ2v) is 6.84. The van der Waals surface area contributed by atoms with Crippen LogP contribution in [0.15, 0.2) is 42.0 Å². The Morgan fingerprint density at radius 2 is 1.93 bits per heavy atom. The van der Waals surface area contributed by atoms with Crippen LogP contribution in [0.2, 0.25) is 0 Å². The lowest BCUT2D eigenvalue weighted by Gasteiger charge is -2.13. The van der Waals surface area contributed by atoms with Crippen molar-refractivity contribution in [2.45, 2.75) is 51.4 Å². The third kappa shape index (κ3) is 8.07. The van der Waals surface area contributed by atoms with E-state index in [1.165, 1.54) is 18.4 Å². The highest BCUT2D eigenvalue weighted by atomic mass is 16.5. The van der Waals surface area contributed by atoms with Crippen molar-refractivity contribution in [3.8, 4) is 0 Å². The van der Waals surface area contributed by atoms with Crippen LogP contribution in [-0.4, -0.2) is 31.1 Å². The van der Waals surface area contributed by atoms with Crippen LogP contribution in [0.1, 0.15) is 56.9 Å². The van der Waals surface area contributed by atoms with Gasteiger partial charge in [0.05, 0.1) is 6.42 Å². The lowest BCUT2D eigenvalue weighted by Crippen LogP contribution is -2.41. The molecule has 0 saturated carbocycles. The van der Waals surface area contributed by atoms with Gasteiger partial charge in [0, 0.05) is 6.54 Å². The van der Waals surface area contributed by atoms with Crippen LogP contribution < -0.4 is 10.6 Å². The monoisotopic (exact) mass is 372 g/mol. The molecule has 0 unspecified atom stereocenters. The van der Waals surface area contributed by atoms with Crippen molar-refractivity contribution in [1.29, 1.82) is 0 Å². The van der Waals surface area contributed by atoms with Crippen LogP contribution in [0.3, 0.4) is 0 Å². The van der Waals surface area contributed by atoms with Crippen LogP contribution in [0.5, 0.6) is 0 Å². The minimum Gasteiger partial charge on any atom is -0.456 e. The molecule has 1 aromatic carbocycles. The number of benzene rings is 1. The maximum absolute atomic E-state index is 11.9. The Labute approximate surface area is 160 Å². The standard InChI is InChI=1S/C21H28N2O4/c1-16(18-10-6-3-7-11-18)14-20(25)27-15-19(24)23-21(26)22-13-12-17-8-4-2-5-9-17/h3,6-8,10-11,16H,2,4-5,9,12-15H2,1H3,(H2,22,23,24,26)/t16-/m0/s1. The number of imide groups is 1. The largest absolute Gasteiger partial charge is 0.456 e. The second kappa shape index (κ2) is 11.2. The van der Waals surface area contributed by atoms with E-state index in [4.69, 9.17) is 4.74 Å². The van der Waals surface area contributed by atoms with E-state index in [2.05, 4.69) is 16.7 Å². The molecule has 0 fully saturated rings. The SMILES string of the molecule is C[C@@H](CC(=O)OCC(=O)NC(=O)NCCC1=CCCCC1)c1ccccc1. The summed E-state index contributed by atoms with van der Waals surface area (Å²) in [6, 6.07) is 9.06. The molecule has 6 heteroatoms. The van der Waals surface area contributed by atoms with E-state index in [1.807, 2.05) is 37.3 Å². The number of carbonyl (C=O) groups excluding carboxylic acids is 3. The van der Waals surface area contributed by atoms with Gasteiger partial charge in [-0.15, -0.1) is 0 Å². The molecule has 27 heavy (non-hydrogen) atoms. The number of rotatable bonds is 8. The first-order valence-electron chi connectivity index (χ1n) is 9.50. The zero-order valence-corrected chi connectivity index (χ0v) is 15.8. The van der Waals surface area contributed by atoms with Crippen LogP contribution in [0.4, 0.5) is 4.79 Å². The van der Waals surface area contributed by atoms with E-state index in [-0.39, 0.29) is 12.3 Å². The molecule has 6 nitrogen and oxygen atoms in total. The number of carbonyl (C=O) groups is 3. The van der Waals surface area contributed by atoms with Crippen molar-refractivity contribution in [2.75, 3.05) is 13.2 Å². The first-order valence-corrected chi connectivity index (χ1v) is 9.50. The number of hydrogen-bond donors (Lipinski definition) is 2. The van der Waals surface area contributed by atoms with Crippen LogP contribution in [0.25, 0.3) is 0 Å². The molecule has 0 heterocycles. The Balaban J connectivity index is 1.59. The zero-order chi connectivity index (χ0) is 19.5. The number of amides is 3. The van der Waals surface area contributed by atoms with Gasteiger partial charge in [0.2, 0.25) is 0 Å². The molecule has 1 aliphatic carbocycles. The summed E-state index contributed by atoms with van der Waals surface area (Å²) >= 11 is 0. The van der Waals surface area contributed by atoms with E-state index in [0.29, 0.717) is 6.54 Å². The number of ether oxygens (including phenoxy) is 1. The lowest BCUT2D eigenvalue weighted by atomic mass is 9.97. The van der Waals surface area contributed by atoms with Crippen molar-refractivity contribution >= 4 is 17.9 Å². The normalized spacial score (nSPS) is 14.6. The number of hydrogen-bond acceptors (Lipinski definition) is 4. The third-order valence-corrected chi connectivity index (χ3v) is 4.58. The zero-order valence-electron chi connectivity index (χ0n) is 15.8. The van der Waals surface area contributed by atoms with Gasteiger partial charge in [0.15, 0.2) is 6.61 Å². The smallest absolute Gasteiger partial charge is 0.321 e. The summed E-state index contributed by atoms with van der Waals surface area (Å²) in [6.45, 7) is 1.95. The van der Waals surface area contributed by atoms with Gasteiger partial charge in [-0.2, -0.15) is 0 Å². The molecule has 146 valence electrons. The molecule has 1 atom stereocenters. The van der Waals surface area contributed by atoms with Crippen LogP contribution in [0, 0.1) is 0 Å². The quantitative estimate of drug-likeness (QED) is 0.541. The average Bonchev–Trinajstić information content (AvgIpc) is 2.68. The number of nitrogens with one attached hydrogen (secondary N) is 2. The molecule has 2 rings (SSSR count). The first-order chi connectivity index (χ1) is 13.0. The minimum atomic E-state index is -0.634. The van der Waals surface area contributed by atoms with Gasteiger partial charge in [-0.05, 0) is 43.6 Å². The van der Waals surface area contributed by atoms with Crippen molar-refractivity contribution in [3.63, 3.8) is 0 Å². The summed E-state index contributed by atoms with van der Waals surface area (Å²) in [4.78, 5) is 35.3. The molecule has 0 bridgehead atoms. The topological polar surface area (TPSA) is 84.5 Å². The van der Waals surface area contributed by atoms with Crippen molar-refractivity contribution in [3.05, 3.63) is 47.5 Å². The number of esters is 1. The highest BCUT2D eigenvalue weighted by molar-refractivity contribution is 5.95. The summed E-state index contributed by atoms with van der Waals surface area (Å²) in [5.74, 6) is -1.10.